The van der Waals surface area contributed by atoms with Crippen LogP contribution in [0, 0.1) is 10.1 Å². The fraction of sp³-hybridized carbons (Fsp3) is 0.500. The number of hydrogen-bond acceptors (Lipinski definition) is 4. The molecule has 0 fully saturated rings. The average Bonchev–Trinajstić information content (AvgIpc) is 2.16. The first-order valence-electron chi connectivity index (χ1n) is 4.94. The highest BCUT2D eigenvalue weighted by molar-refractivity contribution is 6.29. The number of pyridine rings is 1. The van der Waals surface area contributed by atoms with Gasteiger partial charge in [-0.1, -0.05) is 18.5 Å². The standard InChI is InChI=1S/C10H14ClN3O2/c1-4-10(2,3)13-9-6-7(14(15)16)5-8(11)12-9/h5-6H,4H2,1-3H3,(H,12,13). The molecule has 0 amide bonds. The van der Waals surface area contributed by atoms with Crippen LogP contribution >= 0.6 is 11.6 Å². The Morgan fingerprint density at radius 2 is 2.19 bits per heavy atom. The fourth-order valence-corrected chi connectivity index (χ4v) is 1.29. The van der Waals surface area contributed by atoms with Gasteiger partial charge in [0.2, 0.25) is 0 Å². The molecule has 0 saturated carbocycles. The first-order valence-corrected chi connectivity index (χ1v) is 5.32. The van der Waals surface area contributed by atoms with Gasteiger partial charge in [-0.25, -0.2) is 4.98 Å². The van der Waals surface area contributed by atoms with Crippen LogP contribution in [-0.4, -0.2) is 15.4 Å². The Labute approximate surface area is 99.0 Å². The molecule has 0 unspecified atom stereocenters. The summed E-state index contributed by atoms with van der Waals surface area (Å²) in [4.78, 5) is 14.1. The SMILES string of the molecule is CCC(C)(C)Nc1cc([N+](=O)[O-])cc(Cl)n1. The second-order valence-corrected chi connectivity index (χ2v) is 4.54. The minimum atomic E-state index is -0.488. The van der Waals surface area contributed by atoms with Crippen molar-refractivity contribution in [1.82, 2.24) is 4.98 Å². The fourth-order valence-electron chi connectivity index (χ4n) is 1.09. The summed E-state index contributed by atoms with van der Waals surface area (Å²) in [6.07, 6.45) is 0.870. The van der Waals surface area contributed by atoms with Crippen molar-refractivity contribution in [2.24, 2.45) is 0 Å². The molecule has 0 aliphatic heterocycles. The molecule has 0 aromatic carbocycles. The Morgan fingerprint density at radius 3 is 2.69 bits per heavy atom. The molecule has 1 aromatic rings. The van der Waals surface area contributed by atoms with Crippen molar-refractivity contribution in [3.05, 3.63) is 27.4 Å². The van der Waals surface area contributed by atoms with Gasteiger partial charge in [0, 0.05) is 5.54 Å². The summed E-state index contributed by atoms with van der Waals surface area (Å²) < 4.78 is 0. The highest BCUT2D eigenvalue weighted by Gasteiger charge is 2.17. The smallest absolute Gasteiger partial charge is 0.276 e. The average molecular weight is 244 g/mol. The summed E-state index contributed by atoms with van der Waals surface area (Å²) in [5, 5.41) is 13.9. The van der Waals surface area contributed by atoms with Crippen LogP contribution in [0.25, 0.3) is 0 Å². The van der Waals surface area contributed by atoms with Gasteiger partial charge in [0.15, 0.2) is 0 Å². The van der Waals surface area contributed by atoms with Crippen LogP contribution < -0.4 is 5.32 Å². The van der Waals surface area contributed by atoms with Crippen LogP contribution in [0.5, 0.6) is 0 Å². The molecule has 88 valence electrons. The number of nitrogens with zero attached hydrogens (tertiary/aromatic N) is 2. The molecule has 6 heteroatoms. The van der Waals surface area contributed by atoms with Gasteiger partial charge in [-0.05, 0) is 20.3 Å². The first kappa shape index (κ1) is 12.7. The molecule has 0 spiro atoms. The summed E-state index contributed by atoms with van der Waals surface area (Å²) in [6, 6.07) is 2.61. The molecule has 0 aliphatic rings. The van der Waals surface area contributed by atoms with E-state index in [1.807, 2.05) is 20.8 Å². The lowest BCUT2D eigenvalue weighted by atomic mass is 10.0. The van der Waals surface area contributed by atoms with E-state index in [0.717, 1.165) is 6.42 Å². The molecule has 0 saturated heterocycles. The molecular weight excluding hydrogens is 230 g/mol. The maximum atomic E-state index is 10.6. The largest absolute Gasteiger partial charge is 0.365 e. The van der Waals surface area contributed by atoms with Crippen molar-refractivity contribution < 1.29 is 4.92 Å². The second-order valence-electron chi connectivity index (χ2n) is 4.15. The Bertz CT molecular complexity index is 407. The van der Waals surface area contributed by atoms with E-state index in [9.17, 15) is 10.1 Å². The highest BCUT2D eigenvalue weighted by Crippen LogP contribution is 2.23. The van der Waals surface area contributed by atoms with E-state index in [4.69, 9.17) is 11.6 Å². The molecule has 0 bridgehead atoms. The zero-order valence-electron chi connectivity index (χ0n) is 9.45. The van der Waals surface area contributed by atoms with Crippen molar-refractivity contribution in [3.63, 3.8) is 0 Å². The number of hydrogen-bond donors (Lipinski definition) is 1. The van der Waals surface area contributed by atoms with Crippen LogP contribution in [0.15, 0.2) is 12.1 Å². The quantitative estimate of drug-likeness (QED) is 0.501. The van der Waals surface area contributed by atoms with Gasteiger partial charge in [-0.15, -0.1) is 0 Å². The minimum absolute atomic E-state index is 0.0607. The Morgan fingerprint density at radius 1 is 1.56 bits per heavy atom. The normalized spacial score (nSPS) is 11.2. The predicted octanol–water partition coefficient (Wildman–Crippen LogP) is 3.24. The van der Waals surface area contributed by atoms with Gasteiger partial charge >= 0.3 is 0 Å². The van der Waals surface area contributed by atoms with Crippen molar-refractivity contribution >= 4 is 23.1 Å². The van der Waals surface area contributed by atoms with Crippen LogP contribution in [0.2, 0.25) is 5.15 Å². The first-order chi connectivity index (χ1) is 7.34. The maximum Gasteiger partial charge on any atom is 0.276 e. The number of anilines is 1. The van der Waals surface area contributed by atoms with Crippen molar-refractivity contribution in [3.8, 4) is 0 Å². The topological polar surface area (TPSA) is 68.1 Å². The Hall–Kier alpha value is -1.36. The molecule has 0 atom stereocenters. The van der Waals surface area contributed by atoms with E-state index in [2.05, 4.69) is 10.3 Å². The Kier molecular flexibility index (Phi) is 3.70. The van der Waals surface area contributed by atoms with Crippen molar-refractivity contribution in [2.75, 3.05) is 5.32 Å². The summed E-state index contributed by atoms with van der Waals surface area (Å²) in [5.41, 5.74) is -0.236. The molecule has 5 nitrogen and oxygen atoms in total. The third kappa shape index (κ3) is 3.34. The molecule has 1 heterocycles. The van der Waals surface area contributed by atoms with Gasteiger partial charge in [-0.2, -0.15) is 0 Å². The van der Waals surface area contributed by atoms with Gasteiger partial charge < -0.3 is 5.32 Å². The van der Waals surface area contributed by atoms with E-state index in [1.165, 1.54) is 12.1 Å². The second kappa shape index (κ2) is 4.65. The summed E-state index contributed by atoms with van der Waals surface area (Å²) >= 11 is 5.71. The number of rotatable bonds is 4. The summed E-state index contributed by atoms with van der Waals surface area (Å²) in [6.45, 7) is 5.99. The number of aromatic nitrogens is 1. The van der Waals surface area contributed by atoms with E-state index in [-0.39, 0.29) is 16.4 Å². The summed E-state index contributed by atoms with van der Waals surface area (Å²) in [5.74, 6) is 0.422. The van der Waals surface area contributed by atoms with Crippen LogP contribution in [0.1, 0.15) is 27.2 Å². The monoisotopic (exact) mass is 243 g/mol. The number of nitrogens with one attached hydrogen (secondary N) is 1. The van der Waals surface area contributed by atoms with E-state index in [0.29, 0.717) is 5.82 Å². The lowest BCUT2D eigenvalue weighted by molar-refractivity contribution is -0.384. The van der Waals surface area contributed by atoms with Crippen molar-refractivity contribution in [1.29, 1.82) is 0 Å². The van der Waals surface area contributed by atoms with E-state index < -0.39 is 4.92 Å². The van der Waals surface area contributed by atoms with Gasteiger partial charge in [0.25, 0.3) is 5.69 Å². The van der Waals surface area contributed by atoms with Gasteiger partial charge in [0.05, 0.1) is 17.1 Å². The molecular formula is C10H14ClN3O2. The lowest BCUT2D eigenvalue weighted by Gasteiger charge is -2.25. The van der Waals surface area contributed by atoms with Crippen LogP contribution in [0.3, 0.4) is 0 Å². The molecule has 1 N–H and O–H groups in total. The van der Waals surface area contributed by atoms with Crippen molar-refractivity contribution in [2.45, 2.75) is 32.7 Å². The predicted molar refractivity (Wildman–Crippen MR) is 63.9 cm³/mol. The molecule has 1 rings (SSSR count). The minimum Gasteiger partial charge on any atom is -0.365 e. The molecule has 1 aromatic heterocycles. The third-order valence-corrected chi connectivity index (χ3v) is 2.53. The highest BCUT2D eigenvalue weighted by atomic mass is 35.5. The van der Waals surface area contributed by atoms with Gasteiger partial charge in [-0.3, -0.25) is 10.1 Å². The maximum absolute atomic E-state index is 10.6. The third-order valence-electron chi connectivity index (χ3n) is 2.34. The Balaban J connectivity index is 3.01. The van der Waals surface area contributed by atoms with Crippen LogP contribution in [-0.2, 0) is 0 Å². The number of halogens is 1. The zero-order valence-corrected chi connectivity index (χ0v) is 10.2. The molecule has 0 aliphatic carbocycles. The summed E-state index contributed by atoms with van der Waals surface area (Å²) in [7, 11) is 0. The van der Waals surface area contributed by atoms with Crippen LogP contribution in [0.4, 0.5) is 11.5 Å². The molecule has 0 radical (unpaired) electrons. The zero-order chi connectivity index (χ0) is 12.3. The lowest BCUT2D eigenvalue weighted by Crippen LogP contribution is -2.30. The van der Waals surface area contributed by atoms with Gasteiger partial charge in [0.1, 0.15) is 11.0 Å². The van der Waals surface area contributed by atoms with E-state index >= 15 is 0 Å². The number of nitro groups is 1. The van der Waals surface area contributed by atoms with E-state index in [1.54, 1.807) is 0 Å². The molecule has 16 heavy (non-hydrogen) atoms.